The van der Waals surface area contributed by atoms with Crippen LogP contribution < -0.4 is 10.1 Å². The Hall–Kier alpha value is -1.94. The van der Waals surface area contributed by atoms with Crippen molar-refractivity contribution in [2.45, 2.75) is 43.2 Å². The van der Waals surface area contributed by atoms with Gasteiger partial charge in [-0.2, -0.15) is 4.98 Å². The van der Waals surface area contributed by atoms with E-state index in [0.29, 0.717) is 15.7 Å². The van der Waals surface area contributed by atoms with Gasteiger partial charge in [-0.25, -0.2) is 4.79 Å². The van der Waals surface area contributed by atoms with Gasteiger partial charge in [-0.3, -0.25) is 10.1 Å². The lowest BCUT2D eigenvalue weighted by molar-refractivity contribution is -0.147. The van der Waals surface area contributed by atoms with Gasteiger partial charge in [0.2, 0.25) is 0 Å². The average molecular weight is 423 g/mol. The molecule has 1 heterocycles. The van der Waals surface area contributed by atoms with Crippen molar-refractivity contribution >= 4 is 39.5 Å². The maximum atomic E-state index is 12.3. The van der Waals surface area contributed by atoms with E-state index in [9.17, 15) is 19.2 Å². The minimum absolute atomic E-state index is 0.0491. The van der Waals surface area contributed by atoms with E-state index in [0.717, 1.165) is 32.1 Å². The molecule has 0 spiro atoms. The van der Waals surface area contributed by atoms with Crippen LogP contribution in [0.3, 0.4) is 0 Å². The summed E-state index contributed by atoms with van der Waals surface area (Å²) in [6, 6.07) is 6.07. The van der Waals surface area contributed by atoms with Crippen molar-refractivity contribution in [1.29, 1.82) is 0 Å². The number of thiazole rings is 1. The first-order valence-electron chi connectivity index (χ1n) is 9.04. The third-order valence-electron chi connectivity index (χ3n) is 4.67. The topological polar surface area (TPSA) is 112 Å². The number of carbonyl (C=O) groups excluding carboxylic acids is 2. The van der Waals surface area contributed by atoms with Crippen LogP contribution in [0.25, 0.3) is 0 Å². The number of hydrogen-bond acceptors (Lipinski definition) is 7. The van der Waals surface area contributed by atoms with Gasteiger partial charge < -0.3 is 14.4 Å². The van der Waals surface area contributed by atoms with Crippen LogP contribution in [0.2, 0.25) is 0 Å². The SMILES string of the molecule is C[S+]([O-])c1csc(NC(=O)c2ccc(OC(=O)[C@H](O)C3CCCCC3)cc2)n1. The molecule has 3 rings (SSSR count). The molecule has 2 aromatic rings. The van der Waals surface area contributed by atoms with Crippen LogP contribution in [0, 0.1) is 5.92 Å². The number of esters is 1. The van der Waals surface area contributed by atoms with Crippen molar-refractivity contribution in [2.75, 3.05) is 11.6 Å². The predicted octanol–water partition coefficient (Wildman–Crippen LogP) is 2.98. The Morgan fingerprint density at radius 1 is 1.29 bits per heavy atom. The molecule has 2 atom stereocenters. The van der Waals surface area contributed by atoms with Crippen molar-refractivity contribution in [3.05, 3.63) is 35.2 Å². The first-order valence-corrected chi connectivity index (χ1v) is 11.5. The second-order valence-corrected chi connectivity index (χ2v) is 8.87. The van der Waals surface area contributed by atoms with Crippen LogP contribution in [0.5, 0.6) is 5.75 Å². The summed E-state index contributed by atoms with van der Waals surface area (Å²) in [5.74, 6) is -0.809. The Morgan fingerprint density at radius 2 is 1.96 bits per heavy atom. The Kier molecular flexibility index (Phi) is 7.06. The highest BCUT2D eigenvalue weighted by Crippen LogP contribution is 2.27. The molecule has 1 aliphatic rings. The molecule has 0 bridgehead atoms. The number of amides is 1. The van der Waals surface area contributed by atoms with E-state index in [1.807, 2.05) is 0 Å². The van der Waals surface area contributed by atoms with E-state index in [1.165, 1.54) is 41.9 Å². The number of aromatic nitrogens is 1. The summed E-state index contributed by atoms with van der Waals surface area (Å²) in [6.07, 6.45) is 5.25. The van der Waals surface area contributed by atoms with Gasteiger partial charge in [0, 0.05) is 16.7 Å². The monoisotopic (exact) mass is 422 g/mol. The van der Waals surface area contributed by atoms with Crippen LogP contribution >= 0.6 is 11.3 Å². The van der Waals surface area contributed by atoms with Crippen molar-refractivity contribution < 1.29 is 24.0 Å². The summed E-state index contributed by atoms with van der Waals surface area (Å²) in [6.45, 7) is 0. The third kappa shape index (κ3) is 5.32. The molecule has 1 aliphatic carbocycles. The molecule has 1 aromatic heterocycles. The van der Waals surface area contributed by atoms with Crippen LogP contribution in [0.4, 0.5) is 5.13 Å². The standard InChI is InChI=1S/C19H22N2O5S2/c1-28(25)15-11-27-19(20-15)21-17(23)13-7-9-14(10-8-13)26-18(24)16(22)12-5-3-2-4-6-12/h7-12,16,22H,2-6H2,1H3,(H,20,21,23)/t16-,28?/m1/s1. The number of aliphatic hydroxyl groups excluding tert-OH is 1. The number of carbonyl (C=O) groups is 2. The van der Waals surface area contributed by atoms with E-state index >= 15 is 0 Å². The van der Waals surface area contributed by atoms with Gasteiger partial charge in [0.05, 0.1) is 5.38 Å². The van der Waals surface area contributed by atoms with Gasteiger partial charge in [0.25, 0.3) is 10.9 Å². The number of rotatable bonds is 6. The predicted molar refractivity (Wildman–Crippen MR) is 107 cm³/mol. The lowest BCUT2D eigenvalue weighted by Crippen LogP contribution is -2.34. The molecule has 0 aliphatic heterocycles. The fraction of sp³-hybridized carbons (Fsp3) is 0.421. The maximum absolute atomic E-state index is 12.3. The first-order chi connectivity index (χ1) is 13.4. The molecule has 28 heavy (non-hydrogen) atoms. The Morgan fingerprint density at radius 3 is 2.57 bits per heavy atom. The molecular formula is C19H22N2O5S2. The van der Waals surface area contributed by atoms with Gasteiger partial charge in [0.15, 0.2) is 11.2 Å². The van der Waals surface area contributed by atoms with E-state index < -0.39 is 23.2 Å². The molecule has 2 N–H and O–H groups in total. The molecule has 1 saturated carbocycles. The molecule has 1 aromatic carbocycles. The first kappa shape index (κ1) is 20.8. The summed E-state index contributed by atoms with van der Waals surface area (Å²) in [4.78, 5) is 28.5. The molecule has 150 valence electrons. The highest BCUT2D eigenvalue weighted by atomic mass is 32.2. The average Bonchev–Trinajstić information content (AvgIpc) is 3.17. The summed E-state index contributed by atoms with van der Waals surface area (Å²) in [5.41, 5.74) is 0.363. The maximum Gasteiger partial charge on any atom is 0.340 e. The second kappa shape index (κ2) is 9.51. The van der Waals surface area contributed by atoms with Crippen molar-refractivity contribution in [1.82, 2.24) is 4.98 Å². The quantitative estimate of drug-likeness (QED) is 0.421. The number of hydrogen-bond donors (Lipinski definition) is 2. The molecule has 9 heteroatoms. The number of aliphatic hydroxyl groups is 1. The van der Waals surface area contributed by atoms with Crippen molar-refractivity contribution in [3.8, 4) is 5.75 Å². The molecule has 0 saturated heterocycles. The zero-order valence-corrected chi connectivity index (χ0v) is 17.1. The molecule has 7 nitrogen and oxygen atoms in total. The summed E-state index contributed by atoms with van der Waals surface area (Å²) >= 11 is -0.00754. The Balaban J connectivity index is 1.56. The van der Waals surface area contributed by atoms with E-state index in [1.54, 1.807) is 5.38 Å². The van der Waals surface area contributed by atoms with Crippen molar-refractivity contribution in [3.63, 3.8) is 0 Å². The molecule has 1 unspecified atom stereocenters. The van der Waals surface area contributed by atoms with Crippen LogP contribution in [0.1, 0.15) is 42.5 Å². The minimum Gasteiger partial charge on any atom is -0.610 e. The van der Waals surface area contributed by atoms with Gasteiger partial charge >= 0.3 is 5.97 Å². The lowest BCUT2D eigenvalue weighted by Gasteiger charge is -2.25. The highest BCUT2D eigenvalue weighted by Gasteiger charge is 2.29. The number of anilines is 1. The fourth-order valence-electron chi connectivity index (χ4n) is 3.11. The smallest absolute Gasteiger partial charge is 0.340 e. The third-order valence-corrected chi connectivity index (χ3v) is 6.38. The summed E-state index contributed by atoms with van der Waals surface area (Å²) in [7, 11) is 0. The fourth-order valence-corrected chi connectivity index (χ4v) is 4.64. The van der Waals surface area contributed by atoms with Gasteiger partial charge in [-0.15, -0.1) is 0 Å². The number of ether oxygens (including phenoxy) is 1. The zero-order valence-electron chi connectivity index (χ0n) is 15.4. The van der Waals surface area contributed by atoms with Gasteiger partial charge in [0.1, 0.15) is 12.0 Å². The van der Waals surface area contributed by atoms with Gasteiger partial charge in [-0.1, -0.05) is 30.6 Å². The van der Waals surface area contributed by atoms with E-state index in [2.05, 4.69) is 10.3 Å². The molecular weight excluding hydrogens is 400 g/mol. The summed E-state index contributed by atoms with van der Waals surface area (Å²) in [5, 5.41) is 15.2. The van der Waals surface area contributed by atoms with Crippen LogP contribution in [0.15, 0.2) is 34.7 Å². The Labute approximate surface area is 170 Å². The van der Waals surface area contributed by atoms with Crippen molar-refractivity contribution in [2.24, 2.45) is 5.92 Å². The number of benzene rings is 1. The summed E-state index contributed by atoms with van der Waals surface area (Å²) < 4.78 is 16.6. The van der Waals surface area contributed by atoms with Gasteiger partial charge in [-0.05, 0) is 43.0 Å². The minimum atomic E-state index is -1.20. The van der Waals surface area contributed by atoms with Crippen LogP contribution in [-0.4, -0.2) is 38.9 Å². The number of nitrogens with one attached hydrogen (secondary N) is 1. The molecule has 0 radical (unpaired) electrons. The largest absolute Gasteiger partial charge is 0.610 e. The zero-order chi connectivity index (χ0) is 20.1. The molecule has 1 fully saturated rings. The Bertz CT molecular complexity index is 816. The normalized spacial score (nSPS) is 17.0. The van der Waals surface area contributed by atoms with Crippen LogP contribution in [-0.2, 0) is 16.0 Å². The second-order valence-electron chi connectivity index (χ2n) is 6.69. The highest BCUT2D eigenvalue weighted by molar-refractivity contribution is 7.90. The lowest BCUT2D eigenvalue weighted by atomic mass is 9.85. The van der Waals surface area contributed by atoms with E-state index in [4.69, 9.17) is 4.74 Å². The number of nitrogens with zero attached hydrogens (tertiary/aromatic N) is 1. The molecule has 1 amide bonds. The van der Waals surface area contributed by atoms with E-state index in [-0.39, 0.29) is 17.6 Å².